The number of ether oxygens (including phenoxy) is 1. The first-order chi connectivity index (χ1) is 8.13. The minimum Gasteiger partial charge on any atom is -0.465 e. The van der Waals surface area contributed by atoms with Gasteiger partial charge in [-0.25, -0.2) is 4.79 Å². The Morgan fingerprint density at radius 2 is 2.24 bits per heavy atom. The van der Waals surface area contributed by atoms with E-state index in [1.807, 2.05) is 0 Å². The van der Waals surface area contributed by atoms with Crippen molar-refractivity contribution in [3.63, 3.8) is 0 Å². The number of esters is 1. The Labute approximate surface area is 99.5 Å². The summed E-state index contributed by atoms with van der Waals surface area (Å²) in [5.74, 6) is -0.532. The SMILES string of the molecule is CCOC(=O)CNC(=O)N1CCNC(=O)CC1. The molecule has 0 aromatic carbocycles. The highest BCUT2D eigenvalue weighted by atomic mass is 16.5. The molecule has 96 valence electrons. The first-order valence-corrected chi connectivity index (χ1v) is 5.58. The fraction of sp³-hybridized carbons (Fsp3) is 0.700. The molecule has 3 amide bonds. The van der Waals surface area contributed by atoms with Crippen molar-refractivity contribution >= 4 is 17.9 Å². The van der Waals surface area contributed by atoms with Crippen LogP contribution >= 0.6 is 0 Å². The van der Waals surface area contributed by atoms with Crippen LogP contribution in [0.25, 0.3) is 0 Å². The van der Waals surface area contributed by atoms with Crippen molar-refractivity contribution in [3.8, 4) is 0 Å². The summed E-state index contributed by atoms with van der Waals surface area (Å²) >= 11 is 0. The van der Waals surface area contributed by atoms with Crippen LogP contribution in [0, 0.1) is 0 Å². The van der Waals surface area contributed by atoms with E-state index in [0.29, 0.717) is 19.6 Å². The van der Waals surface area contributed by atoms with E-state index < -0.39 is 5.97 Å². The minimum absolute atomic E-state index is 0.0642. The Bertz CT molecular complexity index is 306. The van der Waals surface area contributed by atoms with E-state index in [1.165, 1.54) is 4.90 Å². The summed E-state index contributed by atoms with van der Waals surface area (Å²) in [5.41, 5.74) is 0. The lowest BCUT2D eigenvalue weighted by Gasteiger charge is -2.19. The third-order valence-electron chi connectivity index (χ3n) is 2.29. The monoisotopic (exact) mass is 243 g/mol. The normalized spacial score (nSPS) is 15.8. The van der Waals surface area contributed by atoms with Gasteiger partial charge in [0.2, 0.25) is 5.91 Å². The Kier molecular flexibility index (Phi) is 5.25. The van der Waals surface area contributed by atoms with E-state index in [4.69, 9.17) is 0 Å². The van der Waals surface area contributed by atoms with E-state index in [0.717, 1.165) is 0 Å². The number of carbonyl (C=O) groups is 3. The molecule has 0 aromatic heterocycles. The van der Waals surface area contributed by atoms with Gasteiger partial charge >= 0.3 is 12.0 Å². The molecular weight excluding hydrogens is 226 g/mol. The van der Waals surface area contributed by atoms with Crippen molar-refractivity contribution in [1.82, 2.24) is 15.5 Å². The van der Waals surface area contributed by atoms with E-state index in [2.05, 4.69) is 15.4 Å². The second-order valence-electron chi connectivity index (χ2n) is 3.55. The van der Waals surface area contributed by atoms with Gasteiger partial charge in [-0.3, -0.25) is 9.59 Å². The second kappa shape index (κ2) is 6.72. The van der Waals surface area contributed by atoms with Crippen LogP contribution < -0.4 is 10.6 Å². The zero-order chi connectivity index (χ0) is 12.7. The Balaban J connectivity index is 2.31. The molecule has 0 atom stereocenters. The van der Waals surface area contributed by atoms with Gasteiger partial charge in [0.05, 0.1) is 6.61 Å². The van der Waals surface area contributed by atoms with Gasteiger partial charge in [0, 0.05) is 26.1 Å². The lowest BCUT2D eigenvalue weighted by atomic mass is 10.4. The zero-order valence-electron chi connectivity index (χ0n) is 9.82. The van der Waals surface area contributed by atoms with Crippen LogP contribution in [0.5, 0.6) is 0 Å². The zero-order valence-corrected chi connectivity index (χ0v) is 9.82. The standard InChI is InChI=1S/C10H17N3O4/c1-2-17-9(15)7-12-10(16)13-5-3-8(14)11-4-6-13/h2-7H2,1H3,(H,11,14)(H,12,16). The Hall–Kier alpha value is -1.79. The lowest BCUT2D eigenvalue weighted by molar-refractivity contribution is -0.141. The number of hydrogen-bond acceptors (Lipinski definition) is 4. The first-order valence-electron chi connectivity index (χ1n) is 5.58. The van der Waals surface area contributed by atoms with E-state index in [9.17, 15) is 14.4 Å². The molecule has 0 aliphatic carbocycles. The largest absolute Gasteiger partial charge is 0.465 e. The fourth-order valence-corrected chi connectivity index (χ4v) is 1.44. The van der Waals surface area contributed by atoms with Crippen LogP contribution in [0.1, 0.15) is 13.3 Å². The molecule has 7 nitrogen and oxygen atoms in total. The van der Waals surface area contributed by atoms with Crippen molar-refractivity contribution in [1.29, 1.82) is 0 Å². The topological polar surface area (TPSA) is 87.7 Å². The average Bonchev–Trinajstić information content (AvgIpc) is 2.51. The number of nitrogens with one attached hydrogen (secondary N) is 2. The summed E-state index contributed by atoms with van der Waals surface area (Å²) in [6.07, 6.45) is 0.285. The molecule has 7 heteroatoms. The van der Waals surface area contributed by atoms with Gasteiger partial charge in [-0.1, -0.05) is 0 Å². The summed E-state index contributed by atoms with van der Waals surface area (Å²) in [6.45, 7) is 3.08. The molecular formula is C10H17N3O4. The molecule has 1 heterocycles. The highest BCUT2D eigenvalue weighted by Gasteiger charge is 2.18. The number of amides is 3. The quantitative estimate of drug-likeness (QED) is 0.628. The molecule has 1 fully saturated rings. The minimum atomic E-state index is -0.468. The molecule has 1 aliphatic heterocycles. The molecule has 17 heavy (non-hydrogen) atoms. The van der Waals surface area contributed by atoms with Gasteiger partial charge in [-0.05, 0) is 6.92 Å². The van der Waals surface area contributed by atoms with Gasteiger partial charge in [-0.2, -0.15) is 0 Å². The highest BCUT2D eigenvalue weighted by Crippen LogP contribution is 1.96. The van der Waals surface area contributed by atoms with Crippen molar-refractivity contribution in [2.24, 2.45) is 0 Å². The Morgan fingerprint density at radius 1 is 1.47 bits per heavy atom. The summed E-state index contributed by atoms with van der Waals surface area (Å²) in [6, 6.07) is -0.352. The van der Waals surface area contributed by atoms with E-state index in [-0.39, 0.29) is 31.5 Å². The second-order valence-corrected chi connectivity index (χ2v) is 3.55. The number of rotatable bonds is 3. The first kappa shape index (κ1) is 13.3. The third-order valence-corrected chi connectivity index (χ3v) is 2.29. The molecule has 0 radical (unpaired) electrons. The molecule has 0 spiro atoms. The van der Waals surface area contributed by atoms with Crippen LogP contribution in [-0.4, -0.2) is 55.6 Å². The molecule has 0 aromatic rings. The molecule has 1 aliphatic rings. The number of urea groups is 1. The van der Waals surface area contributed by atoms with Crippen molar-refractivity contribution in [3.05, 3.63) is 0 Å². The van der Waals surface area contributed by atoms with Gasteiger partial charge in [0.25, 0.3) is 0 Å². The maximum atomic E-state index is 11.6. The van der Waals surface area contributed by atoms with Crippen LogP contribution in [-0.2, 0) is 14.3 Å². The number of nitrogens with zero attached hydrogens (tertiary/aromatic N) is 1. The molecule has 0 saturated carbocycles. The van der Waals surface area contributed by atoms with Crippen molar-refractivity contribution < 1.29 is 19.1 Å². The smallest absolute Gasteiger partial charge is 0.325 e. The molecule has 1 rings (SSSR count). The summed E-state index contributed by atoms with van der Waals surface area (Å²) in [7, 11) is 0. The molecule has 2 N–H and O–H groups in total. The molecule has 0 bridgehead atoms. The fourth-order valence-electron chi connectivity index (χ4n) is 1.44. The number of hydrogen-bond donors (Lipinski definition) is 2. The van der Waals surface area contributed by atoms with Gasteiger partial charge in [0.1, 0.15) is 6.54 Å². The van der Waals surface area contributed by atoms with Gasteiger partial charge < -0.3 is 20.3 Å². The maximum absolute atomic E-state index is 11.6. The van der Waals surface area contributed by atoms with Crippen molar-refractivity contribution in [2.45, 2.75) is 13.3 Å². The van der Waals surface area contributed by atoms with Crippen LogP contribution in [0.4, 0.5) is 4.79 Å². The predicted molar refractivity (Wildman–Crippen MR) is 59.2 cm³/mol. The third kappa shape index (κ3) is 4.71. The van der Waals surface area contributed by atoms with Gasteiger partial charge in [-0.15, -0.1) is 0 Å². The van der Waals surface area contributed by atoms with E-state index in [1.54, 1.807) is 6.92 Å². The summed E-state index contributed by atoms with van der Waals surface area (Å²) in [4.78, 5) is 35.2. The van der Waals surface area contributed by atoms with Crippen LogP contribution in [0.3, 0.4) is 0 Å². The number of carbonyl (C=O) groups excluding carboxylic acids is 3. The van der Waals surface area contributed by atoms with Crippen molar-refractivity contribution in [2.75, 3.05) is 32.8 Å². The molecule has 0 unspecified atom stereocenters. The van der Waals surface area contributed by atoms with E-state index >= 15 is 0 Å². The van der Waals surface area contributed by atoms with Crippen LogP contribution in [0.2, 0.25) is 0 Å². The summed E-state index contributed by atoms with van der Waals surface area (Å²) in [5, 5.41) is 5.12. The van der Waals surface area contributed by atoms with Gasteiger partial charge in [0.15, 0.2) is 0 Å². The van der Waals surface area contributed by atoms with Crippen LogP contribution in [0.15, 0.2) is 0 Å². The highest BCUT2D eigenvalue weighted by molar-refractivity contribution is 5.82. The average molecular weight is 243 g/mol. The lowest BCUT2D eigenvalue weighted by Crippen LogP contribution is -2.43. The summed E-state index contributed by atoms with van der Waals surface area (Å²) < 4.78 is 4.68. The Morgan fingerprint density at radius 3 is 2.94 bits per heavy atom. The maximum Gasteiger partial charge on any atom is 0.325 e. The molecule has 1 saturated heterocycles. The predicted octanol–water partition coefficient (Wildman–Crippen LogP) is -0.919.